The van der Waals surface area contributed by atoms with Crippen LogP contribution in [0.3, 0.4) is 0 Å². The Kier molecular flexibility index (Phi) is 3.09. The normalized spacial score (nSPS) is 21.9. The summed E-state index contributed by atoms with van der Waals surface area (Å²) in [5.41, 5.74) is 1.03. The lowest BCUT2D eigenvalue weighted by atomic mass is 10.3. The standard InChI is InChI=1S/C15H21N3O/c1-10(2)18-9-12(7-17-18)16-8-13-4-5-15(19-13)14-6-11(14)3/h4-5,7,9-11,14,16H,6,8H2,1-3H3. The minimum atomic E-state index is 0.391. The Bertz CT molecular complexity index is 555. The molecular weight excluding hydrogens is 238 g/mol. The lowest BCUT2D eigenvalue weighted by molar-refractivity contribution is 0.468. The van der Waals surface area contributed by atoms with E-state index in [2.05, 4.69) is 43.3 Å². The predicted octanol–water partition coefficient (Wildman–Crippen LogP) is 3.79. The third-order valence-electron chi connectivity index (χ3n) is 3.75. The van der Waals surface area contributed by atoms with Crippen molar-refractivity contribution in [1.82, 2.24) is 9.78 Å². The first-order chi connectivity index (χ1) is 9.13. The van der Waals surface area contributed by atoms with Crippen LogP contribution in [0.5, 0.6) is 0 Å². The van der Waals surface area contributed by atoms with Gasteiger partial charge in [0.25, 0.3) is 0 Å². The minimum absolute atomic E-state index is 0.391. The number of nitrogens with zero attached hydrogens (tertiary/aromatic N) is 2. The van der Waals surface area contributed by atoms with E-state index in [4.69, 9.17) is 4.42 Å². The molecule has 1 fully saturated rings. The van der Waals surface area contributed by atoms with Gasteiger partial charge in [0.2, 0.25) is 0 Å². The molecule has 2 unspecified atom stereocenters. The van der Waals surface area contributed by atoms with Crippen LogP contribution in [0, 0.1) is 5.92 Å². The van der Waals surface area contributed by atoms with E-state index in [9.17, 15) is 0 Å². The molecule has 19 heavy (non-hydrogen) atoms. The molecule has 1 aliphatic rings. The summed E-state index contributed by atoms with van der Waals surface area (Å²) in [5, 5.41) is 7.65. The van der Waals surface area contributed by atoms with Crippen LogP contribution in [-0.2, 0) is 6.54 Å². The van der Waals surface area contributed by atoms with Gasteiger partial charge in [0, 0.05) is 18.2 Å². The molecule has 0 amide bonds. The molecule has 0 aromatic carbocycles. The van der Waals surface area contributed by atoms with Crippen molar-refractivity contribution in [3.05, 3.63) is 36.0 Å². The summed E-state index contributed by atoms with van der Waals surface area (Å²) in [6.07, 6.45) is 5.14. The molecule has 0 spiro atoms. The lowest BCUT2D eigenvalue weighted by Crippen LogP contribution is -2.00. The van der Waals surface area contributed by atoms with E-state index in [0.29, 0.717) is 18.5 Å². The van der Waals surface area contributed by atoms with Crippen molar-refractivity contribution in [1.29, 1.82) is 0 Å². The Labute approximate surface area is 113 Å². The number of furan rings is 1. The molecule has 0 aliphatic heterocycles. The van der Waals surface area contributed by atoms with E-state index in [1.165, 1.54) is 6.42 Å². The van der Waals surface area contributed by atoms with Gasteiger partial charge in [-0.1, -0.05) is 6.92 Å². The van der Waals surface area contributed by atoms with Crippen LogP contribution in [0.1, 0.15) is 50.7 Å². The fourth-order valence-electron chi connectivity index (χ4n) is 2.31. The zero-order valence-corrected chi connectivity index (χ0v) is 11.8. The number of rotatable bonds is 5. The van der Waals surface area contributed by atoms with Gasteiger partial charge in [0.15, 0.2) is 0 Å². The van der Waals surface area contributed by atoms with Gasteiger partial charge in [-0.15, -0.1) is 0 Å². The van der Waals surface area contributed by atoms with Crippen LogP contribution in [-0.4, -0.2) is 9.78 Å². The molecule has 4 heteroatoms. The van der Waals surface area contributed by atoms with Crippen LogP contribution in [0.2, 0.25) is 0 Å². The molecule has 1 aliphatic carbocycles. The summed E-state index contributed by atoms with van der Waals surface area (Å²) in [7, 11) is 0. The molecule has 2 atom stereocenters. The highest BCUT2D eigenvalue weighted by molar-refractivity contribution is 5.38. The number of hydrogen-bond donors (Lipinski definition) is 1. The van der Waals surface area contributed by atoms with Gasteiger partial charge < -0.3 is 9.73 Å². The Morgan fingerprint density at radius 3 is 2.89 bits per heavy atom. The Balaban J connectivity index is 1.57. The monoisotopic (exact) mass is 259 g/mol. The first kappa shape index (κ1) is 12.3. The van der Waals surface area contributed by atoms with Crippen molar-refractivity contribution in [3.63, 3.8) is 0 Å². The average molecular weight is 259 g/mol. The quantitative estimate of drug-likeness (QED) is 0.888. The first-order valence-electron chi connectivity index (χ1n) is 7.00. The first-order valence-corrected chi connectivity index (χ1v) is 7.00. The molecule has 2 heterocycles. The number of nitrogens with one attached hydrogen (secondary N) is 1. The lowest BCUT2D eigenvalue weighted by Gasteiger charge is -2.03. The van der Waals surface area contributed by atoms with Crippen molar-refractivity contribution >= 4 is 5.69 Å². The van der Waals surface area contributed by atoms with Crippen LogP contribution >= 0.6 is 0 Å². The number of aromatic nitrogens is 2. The van der Waals surface area contributed by atoms with E-state index in [1.807, 2.05) is 17.1 Å². The summed E-state index contributed by atoms with van der Waals surface area (Å²) in [4.78, 5) is 0. The second kappa shape index (κ2) is 4.76. The van der Waals surface area contributed by atoms with Crippen molar-refractivity contribution in [3.8, 4) is 0 Å². The fourth-order valence-corrected chi connectivity index (χ4v) is 2.31. The molecule has 0 bridgehead atoms. The molecule has 1 N–H and O–H groups in total. The van der Waals surface area contributed by atoms with Gasteiger partial charge in [-0.05, 0) is 38.3 Å². The zero-order valence-electron chi connectivity index (χ0n) is 11.8. The smallest absolute Gasteiger partial charge is 0.123 e. The molecule has 1 saturated carbocycles. The predicted molar refractivity (Wildman–Crippen MR) is 75.2 cm³/mol. The van der Waals surface area contributed by atoms with Crippen LogP contribution < -0.4 is 5.32 Å². The Hall–Kier alpha value is -1.71. The van der Waals surface area contributed by atoms with Crippen molar-refractivity contribution in [2.24, 2.45) is 5.92 Å². The summed E-state index contributed by atoms with van der Waals surface area (Å²) in [6.45, 7) is 7.22. The second-order valence-corrected chi connectivity index (χ2v) is 5.78. The minimum Gasteiger partial charge on any atom is -0.464 e. The van der Waals surface area contributed by atoms with Crippen molar-refractivity contribution in [2.75, 3.05) is 5.32 Å². The van der Waals surface area contributed by atoms with Gasteiger partial charge in [0.1, 0.15) is 11.5 Å². The molecule has 0 radical (unpaired) electrons. The van der Waals surface area contributed by atoms with Gasteiger partial charge in [-0.2, -0.15) is 5.10 Å². The van der Waals surface area contributed by atoms with Gasteiger partial charge in [0.05, 0.1) is 18.4 Å². The highest BCUT2D eigenvalue weighted by atomic mass is 16.3. The molecule has 3 rings (SSSR count). The van der Waals surface area contributed by atoms with Crippen LogP contribution in [0.15, 0.2) is 28.9 Å². The topological polar surface area (TPSA) is 43.0 Å². The second-order valence-electron chi connectivity index (χ2n) is 5.78. The third-order valence-corrected chi connectivity index (χ3v) is 3.75. The SMILES string of the molecule is CC1CC1c1ccc(CNc2cnn(C(C)C)c2)o1. The van der Waals surface area contributed by atoms with Crippen LogP contribution in [0.4, 0.5) is 5.69 Å². The molecule has 2 aromatic heterocycles. The van der Waals surface area contributed by atoms with Gasteiger partial charge >= 0.3 is 0 Å². The average Bonchev–Trinajstić information content (AvgIpc) is 2.87. The van der Waals surface area contributed by atoms with Gasteiger partial charge in [-0.3, -0.25) is 4.68 Å². The largest absolute Gasteiger partial charge is 0.464 e. The highest BCUT2D eigenvalue weighted by Gasteiger charge is 2.36. The summed E-state index contributed by atoms with van der Waals surface area (Å²) < 4.78 is 7.81. The maximum absolute atomic E-state index is 5.86. The Morgan fingerprint density at radius 2 is 2.26 bits per heavy atom. The van der Waals surface area contributed by atoms with E-state index < -0.39 is 0 Å². The summed E-state index contributed by atoms with van der Waals surface area (Å²) >= 11 is 0. The molecule has 4 nitrogen and oxygen atoms in total. The van der Waals surface area contributed by atoms with Gasteiger partial charge in [-0.25, -0.2) is 0 Å². The molecular formula is C15H21N3O. The van der Waals surface area contributed by atoms with Crippen LogP contribution in [0.25, 0.3) is 0 Å². The van der Waals surface area contributed by atoms with Crippen molar-refractivity contribution < 1.29 is 4.42 Å². The molecule has 2 aromatic rings. The highest BCUT2D eigenvalue weighted by Crippen LogP contribution is 2.47. The van der Waals surface area contributed by atoms with E-state index in [1.54, 1.807) is 0 Å². The van der Waals surface area contributed by atoms with E-state index in [-0.39, 0.29) is 0 Å². The molecule has 102 valence electrons. The Morgan fingerprint density at radius 1 is 1.47 bits per heavy atom. The molecule has 0 saturated heterocycles. The third kappa shape index (κ3) is 2.67. The number of hydrogen-bond acceptors (Lipinski definition) is 3. The summed E-state index contributed by atoms with van der Waals surface area (Å²) in [5.74, 6) is 3.57. The number of anilines is 1. The summed E-state index contributed by atoms with van der Waals surface area (Å²) in [6, 6.07) is 4.57. The fraction of sp³-hybridized carbons (Fsp3) is 0.533. The van der Waals surface area contributed by atoms with Crippen molar-refractivity contribution in [2.45, 2.75) is 45.7 Å². The maximum Gasteiger partial charge on any atom is 0.123 e. The zero-order chi connectivity index (χ0) is 13.4. The van der Waals surface area contributed by atoms with E-state index >= 15 is 0 Å². The maximum atomic E-state index is 5.86. The van der Waals surface area contributed by atoms with E-state index in [0.717, 1.165) is 23.1 Å².